The van der Waals surface area contributed by atoms with Crippen molar-refractivity contribution in [1.29, 1.82) is 0 Å². The Morgan fingerprint density at radius 2 is 2.21 bits per heavy atom. The van der Waals surface area contributed by atoms with E-state index >= 15 is 0 Å². The standard InChI is InChI=1S/C10H15N3O4S2/c1-7-5-13(4-3-12(7)2)19(16,17)10-8(9(14)15)11-6-18-10/h6-7H,3-5H2,1-2H3,(H,14,15). The minimum Gasteiger partial charge on any atom is -0.476 e. The van der Waals surface area contributed by atoms with Crippen molar-refractivity contribution in [3.8, 4) is 0 Å². The van der Waals surface area contributed by atoms with Gasteiger partial charge in [0.2, 0.25) is 0 Å². The van der Waals surface area contributed by atoms with Gasteiger partial charge in [0.25, 0.3) is 10.0 Å². The first kappa shape index (κ1) is 14.4. The van der Waals surface area contributed by atoms with E-state index in [4.69, 9.17) is 5.11 Å². The Hall–Kier alpha value is -1.03. The summed E-state index contributed by atoms with van der Waals surface area (Å²) in [5.74, 6) is -1.32. The van der Waals surface area contributed by atoms with Crippen molar-refractivity contribution in [1.82, 2.24) is 14.2 Å². The molecule has 1 aliphatic heterocycles. The average Bonchev–Trinajstić information content (AvgIpc) is 2.82. The topological polar surface area (TPSA) is 90.8 Å². The SMILES string of the molecule is CC1CN(S(=O)(=O)c2scnc2C(=O)O)CCN1C. The predicted octanol–water partition coefficient (Wildman–Crippen LogP) is 0.166. The molecule has 0 bridgehead atoms. The summed E-state index contributed by atoms with van der Waals surface area (Å²) in [7, 11) is -1.83. The summed E-state index contributed by atoms with van der Waals surface area (Å²) in [5, 5.41) is 8.96. The largest absolute Gasteiger partial charge is 0.476 e. The van der Waals surface area contributed by atoms with Crippen LogP contribution >= 0.6 is 11.3 Å². The van der Waals surface area contributed by atoms with E-state index < -0.39 is 21.7 Å². The smallest absolute Gasteiger partial charge is 0.356 e. The van der Waals surface area contributed by atoms with Crippen LogP contribution in [0.25, 0.3) is 0 Å². The summed E-state index contributed by atoms with van der Waals surface area (Å²) < 4.78 is 26.0. The lowest BCUT2D eigenvalue weighted by Crippen LogP contribution is -2.51. The molecule has 1 aromatic rings. The fourth-order valence-electron chi connectivity index (χ4n) is 1.91. The molecule has 0 aliphatic carbocycles. The number of piperazine rings is 1. The van der Waals surface area contributed by atoms with Crippen LogP contribution in [0.4, 0.5) is 0 Å². The number of carboxylic acids is 1. The van der Waals surface area contributed by atoms with Crippen LogP contribution in [-0.2, 0) is 10.0 Å². The highest BCUT2D eigenvalue weighted by Gasteiger charge is 2.35. The van der Waals surface area contributed by atoms with Crippen LogP contribution in [0.5, 0.6) is 0 Å². The van der Waals surface area contributed by atoms with Crippen molar-refractivity contribution in [3.63, 3.8) is 0 Å². The number of carbonyl (C=O) groups is 1. The van der Waals surface area contributed by atoms with E-state index in [1.54, 1.807) is 0 Å². The molecule has 0 amide bonds. The Balaban J connectivity index is 2.33. The number of nitrogens with zero attached hydrogens (tertiary/aromatic N) is 3. The van der Waals surface area contributed by atoms with Crippen LogP contribution in [0, 0.1) is 0 Å². The summed E-state index contributed by atoms with van der Waals surface area (Å²) in [5.41, 5.74) is 0.854. The molecule has 1 aliphatic rings. The fourth-order valence-corrected chi connectivity index (χ4v) is 4.70. The van der Waals surface area contributed by atoms with E-state index in [9.17, 15) is 13.2 Å². The maximum absolute atomic E-state index is 12.4. The van der Waals surface area contributed by atoms with Gasteiger partial charge in [-0.2, -0.15) is 4.31 Å². The maximum Gasteiger partial charge on any atom is 0.356 e. The number of rotatable bonds is 3. The number of aromatic carboxylic acids is 1. The molecule has 2 rings (SSSR count). The van der Waals surface area contributed by atoms with E-state index in [-0.39, 0.29) is 10.3 Å². The van der Waals surface area contributed by atoms with Gasteiger partial charge in [-0.05, 0) is 14.0 Å². The van der Waals surface area contributed by atoms with Gasteiger partial charge in [0.1, 0.15) is 0 Å². The number of aromatic nitrogens is 1. The second kappa shape index (κ2) is 5.16. The second-order valence-corrected chi connectivity index (χ2v) is 7.47. The van der Waals surface area contributed by atoms with Gasteiger partial charge in [-0.3, -0.25) is 0 Å². The van der Waals surface area contributed by atoms with Crippen LogP contribution in [0.15, 0.2) is 9.72 Å². The minimum absolute atomic E-state index is 0.102. The second-order valence-electron chi connectivity index (χ2n) is 4.49. The highest BCUT2D eigenvalue weighted by Crippen LogP contribution is 2.25. The Morgan fingerprint density at radius 1 is 1.53 bits per heavy atom. The summed E-state index contributed by atoms with van der Waals surface area (Å²) in [6.07, 6.45) is 0. The molecule has 1 saturated heterocycles. The molecule has 9 heteroatoms. The zero-order chi connectivity index (χ0) is 14.2. The Kier molecular flexibility index (Phi) is 3.90. The van der Waals surface area contributed by atoms with E-state index in [0.29, 0.717) is 19.6 Å². The monoisotopic (exact) mass is 305 g/mol. The molecular formula is C10H15N3O4S2. The van der Waals surface area contributed by atoms with Crippen LogP contribution < -0.4 is 0 Å². The van der Waals surface area contributed by atoms with Crippen molar-refractivity contribution >= 4 is 27.3 Å². The third kappa shape index (κ3) is 2.64. The third-order valence-corrected chi connectivity index (χ3v) is 6.45. The van der Waals surface area contributed by atoms with E-state index in [1.807, 2.05) is 14.0 Å². The molecule has 1 aromatic heterocycles. The zero-order valence-corrected chi connectivity index (χ0v) is 12.2. The van der Waals surface area contributed by atoms with Gasteiger partial charge in [-0.1, -0.05) is 0 Å². The van der Waals surface area contributed by atoms with E-state index in [0.717, 1.165) is 11.3 Å². The summed E-state index contributed by atoms with van der Waals surface area (Å²) in [4.78, 5) is 16.7. The van der Waals surface area contributed by atoms with Crippen LogP contribution in [0.1, 0.15) is 17.4 Å². The molecule has 0 spiro atoms. The van der Waals surface area contributed by atoms with Crippen molar-refractivity contribution in [2.24, 2.45) is 0 Å². The van der Waals surface area contributed by atoms with Crippen LogP contribution in [-0.4, -0.2) is 66.4 Å². The molecule has 1 fully saturated rings. The molecule has 19 heavy (non-hydrogen) atoms. The first-order valence-corrected chi connectivity index (χ1v) is 8.03. The third-order valence-electron chi connectivity index (χ3n) is 3.23. The summed E-state index contributed by atoms with van der Waals surface area (Å²) >= 11 is 0.845. The quantitative estimate of drug-likeness (QED) is 0.856. The predicted molar refractivity (Wildman–Crippen MR) is 69.9 cm³/mol. The Bertz CT molecular complexity index is 583. The number of thiazole rings is 1. The first-order valence-electron chi connectivity index (χ1n) is 5.71. The van der Waals surface area contributed by atoms with Crippen molar-refractivity contribution < 1.29 is 18.3 Å². The van der Waals surface area contributed by atoms with Gasteiger partial charge >= 0.3 is 5.97 Å². The van der Waals surface area contributed by atoms with Gasteiger partial charge in [-0.25, -0.2) is 18.2 Å². The van der Waals surface area contributed by atoms with Crippen LogP contribution in [0.2, 0.25) is 0 Å². The Labute approximate surface area is 115 Å². The number of carboxylic acid groups (broad SMARTS) is 1. The van der Waals surface area contributed by atoms with Crippen molar-refractivity contribution in [2.75, 3.05) is 26.7 Å². The fraction of sp³-hybridized carbons (Fsp3) is 0.600. The number of likely N-dealkylation sites (N-methyl/N-ethyl adjacent to an activating group) is 1. The first-order chi connectivity index (χ1) is 8.84. The van der Waals surface area contributed by atoms with Crippen molar-refractivity contribution in [2.45, 2.75) is 17.2 Å². The molecule has 1 unspecified atom stereocenters. The van der Waals surface area contributed by atoms with Crippen molar-refractivity contribution in [3.05, 3.63) is 11.2 Å². The lowest BCUT2D eigenvalue weighted by Gasteiger charge is -2.36. The van der Waals surface area contributed by atoms with Gasteiger partial charge in [0.15, 0.2) is 9.90 Å². The number of hydrogen-bond donors (Lipinski definition) is 1. The summed E-state index contributed by atoms with van der Waals surface area (Å²) in [6, 6.07) is 0.102. The molecule has 0 aromatic carbocycles. The summed E-state index contributed by atoms with van der Waals surface area (Å²) in [6.45, 7) is 3.28. The molecule has 2 heterocycles. The number of hydrogen-bond acceptors (Lipinski definition) is 6. The molecule has 7 nitrogen and oxygen atoms in total. The highest BCUT2D eigenvalue weighted by molar-refractivity contribution is 7.91. The lowest BCUT2D eigenvalue weighted by molar-refractivity contribution is 0.0687. The molecule has 106 valence electrons. The molecule has 1 N–H and O–H groups in total. The van der Waals surface area contributed by atoms with E-state index in [2.05, 4.69) is 9.88 Å². The molecule has 1 atom stereocenters. The van der Waals surface area contributed by atoms with Gasteiger partial charge < -0.3 is 10.0 Å². The maximum atomic E-state index is 12.4. The number of sulfonamides is 1. The Morgan fingerprint density at radius 3 is 2.79 bits per heavy atom. The highest BCUT2D eigenvalue weighted by atomic mass is 32.2. The minimum atomic E-state index is -3.77. The molecule has 0 saturated carbocycles. The van der Waals surface area contributed by atoms with Gasteiger partial charge in [0, 0.05) is 25.7 Å². The molecular weight excluding hydrogens is 290 g/mol. The van der Waals surface area contributed by atoms with Gasteiger partial charge in [-0.15, -0.1) is 11.3 Å². The zero-order valence-electron chi connectivity index (χ0n) is 10.6. The van der Waals surface area contributed by atoms with Crippen LogP contribution in [0.3, 0.4) is 0 Å². The van der Waals surface area contributed by atoms with Gasteiger partial charge in [0.05, 0.1) is 5.51 Å². The normalized spacial score (nSPS) is 22.5. The molecule has 0 radical (unpaired) electrons. The average molecular weight is 305 g/mol. The van der Waals surface area contributed by atoms with E-state index in [1.165, 1.54) is 9.82 Å². The lowest BCUT2D eigenvalue weighted by atomic mass is 10.2.